The lowest BCUT2D eigenvalue weighted by atomic mass is 9.98. The molecule has 1 aromatic carbocycles. The van der Waals surface area contributed by atoms with Gasteiger partial charge in [0, 0.05) is 0 Å². The van der Waals surface area contributed by atoms with Crippen LogP contribution in [0.4, 0.5) is 0 Å². The number of aryl methyl sites for hydroxylation is 1. The lowest BCUT2D eigenvalue weighted by molar-refractivity contribution is 0.560. The molecular weight excluding hydrogens is 144 g/mol. The van der Waals surface area contributed by atoms with Gasteiger partial charge in [0.25, 0.3) is 0 Å². The summed E-state index contributed by atoms with van der Waals surface area (Å²) in [6.45, 7) is 6.69. The van der Waals surface area contributed by atoms with Crippen LogP contribution >= 0.6 is 0 Å². The maximum Gasteiger partial charge on any atom is -0.0253 e. The molecule has 1 unspecified atom stereocenters. The molecule has 0 heteroatoms. The van der Waals surface area contributed by atoms with E-state index in [0.29, 0.717) is 0 Å². The minimum atomic E-state index is 0.813. The van der Waals surface area contributed by atoms with E-state index in [1.54, 1.807) is 0 Å². The van der Waals surface area contributed by atoms with Crippen molar-refractivity contribution in [2.24, 2.45) is 5.92 Å². The minimum absolute atomic E-state index is 0.813. The molecule has 0 fully saturated rings. The summed E-state index contributed by atoms with van der Waals surface area (Å²) in [7, 11) is 0. The summed E-state index contributed by atoms with van der Waals surface area (Å²) in [4.78, 5) is 0. The van der Waals surface area contributed by atoms with Gasteiger partial charge in [-0.2, -0.15) is 0 Å². The Morgan fingerprint density at radius 1 is 1.17 bits per heavy atom. The fraction of sp³-hybridized carbons (Fsp3) is 0.500. The molecule has 0 aliphatic heterocycles. The molecule has 0 aromatic heterocycles. The fourth-order valence-electron chi connectivity index (χ4n) is 1.27. The third kappa shape index (κ3) is 2.69. The molecule has 0 saturated carbocycles. The van der Waals surface area contributed by atoms with Crippen LogP contribution in [0, 0.1) is 12.8 Å². The van der Waals surface area contributed by atoms with Crippen LogP contribution in [-0.4, -0.2) is 0 Å². The van der Waals surface area contributed by atoms with E-state index in [-0.39, 0.29) is 0 Å². The Labute approximate surface area is 75.6 Å². The van der Waals surface area contributed by atoms with Crippen LogP contribution < -0.4 is 0 Å². The first-order valence-corrected chi connectivity index (χ1v) is 4.78. The van der Waals surface area contributed by atoms with Crippen LogP contribution in [0.1, 0.15) is 31.4 Å². The van der Waals surface area contributed by atoms with Crippen LogP contribution in [0.25, 0.3) is 0 Å². The molecule has 12 heavy (non-hydrogen) atoms. The van der Waals surface area contributed by atoms with Crippen molar-refractivity contribution in [2.45, 2.75) is 33.6 Å². The molecule has 1 aromatic rings. The zero-order valence-electron chi connectivity index (χ0n) is 8.30. The normalized spacial score (nSPS) is 12.9. The molecule has 0 radical (unpaired) electrons. The Balaban J connectivity index is 2.58. The van der Waals surface area contributed by atoms with Crippen LogP contribution in [0.3, 0.4) is 0 Å². The molecule has 1 atom stereocenters. The smallest absolute Gasteiger partial charge is 0.0253 e. The van der Waals surface area contributed by atoms with E-state index in [9.17, 15) is 0 Å². The van der Waals surface area contributed by atoms with E-state index < -0.39 is 0 Å². The summed E-state index contributed by atoms with van der Waals surface area (Å²) in [5, 5.41) is 0. The molecule has 0 aliphatic carbocycles. The lowest BCUT2D eigenvalue weighted by Gasteiger charge is -2.07. The van der Waals surface area contributed by atoms with Crippen molar-refractivity contribution in [2.75, 3.05) is 0 Å². The lowest BCUT2D eigenvalue weighted by Crippen LogP contribution is -1.97. The maximum absolute atomic E-state index is 2.31. The zero-order chi connectivity index (χ0) is 8.97. The molecule has 0 bridgehead atoms. The third-order valence-electron chi connectivity index (χ3n) is 2.40. The molecule has 0 nitrogen and oxygen atoms in total. The van der Waals surface area contributed by atoms with Crippen LogP contribution in [-0.2, 0) is 6.42 Å². The SMILES string of the molecule is CCC(C)Cc1ccc(C)cc1. The summed E-state index contributed by atoms with van der Waals surface area (Å²) in [5.74, 6) is 0.813. The van der Waals surface area contributed by atoms with Crippen LogP contribution in [0.2, 0.25) is 0 Å². The zero-order valence-corrected chi connectivity index (χ0v) is 8.30. The van der Waals surface area contributed by atoms with Gasteiger partial charge < -0.3 is 0 Å². The third-order valence-corrected chi connectivity index (χ3v) is 2.40. The van der Waals surface area contributed by atoms with E-state index in [2.05, 4.69) is 45.0 Å². The second-order valence-electron chi connectivity index (χ2n) is 3.70. The van der Waals surface area contributed by atoms with Gasteiger partial charge in [0.05, 0.1) is 0 Å². The largest absolute Gasteiger partial charge is 0.0651 e. The van der Waals surface area contributed by atoms with Gasteiger partial charge in [0.15, 0.2) is 0 Å². The molecular formula is C12H18. The van der Waals surface area contributed by atoms with Crippen LogP contribution in [0.15, 0.2) is 24.3 Å². The van der Waals surface area contributed by atoms with Crippen molar-refractivity contribution < 1.29 is 0 Å². The molecule has 0 heterocycles. The second-order valence-corrected chi connectivity index (χ2v) is 3.70. The molecule has 0 aliphatic rings. The molecule has 66 valence electrons. The predicted octanol–water partition coefficient (Wildman–Crippen LogP) is 3.58. The average Bonchev–Trinajstić information content (AvgIpc) is 2.09. The predicted molar refractivity (Wildman–Crippen MR) is 54.3 cm³/mol. The highest BCUT2D eigenvalue weighted by atomic mass is 14.0. The quantitative estimate of drug-likeness (QED) is 0.637. The van der Waals surface area contributed by atoms with E-state index in [4.69, 9.17) is 0 Å². The van der Waals surface area contributed by atoms with Gasteiger partial charge in [0.2, 0.25) is 0 Å². The van der Waals surface area contributed by atoms with E-state index in [1.165, 1.54) is 24.0 Å². The first-order chi connectivity index (χ1) is 5.72. The highest BCUT2D eigenvalue weighted by molar-refractivity contribution is 5.21. The number of hydrogen-bond acceptors (Lipinski definition) is 0. The fourth-order valence-corrected chi connectivity index (χ4v) is 1.27. The van der Waals surface area contributed by atoms with Crippen molar-refractivity contribution in [3.05, 3.63) is 35.4 Å². The number of hydrogen-bond donors (Lipinski definition) is 0. The first-order valence-electron chi connectivity index (χ1n) is 4.78. The van der Waals surface area contributed by atoms with Crippen molar-refractivity contribution in [3.8, 4) is 0 Å². The van der Waals surface area contributed by atoms with E-state index >= 15 is 0 Å². The van der Waals surface area contributed by atoms with Gasteiger partial charge in [-0.15, -0.1) is 0 Å². The monoisotopic (exact) mass is 162 g/mol. The van der Waals surface area contributed by atoms with Gasteiger partial charge in [-0.1, -0.05) is 50.1 Å². The van der Waals surface area contributed by atoms with Gasteiger partial charge in [-0.05, 0) is 24.8 Å². The van der Waals surface area contributed by atoms with Gasteiger partial charge in [0.1, 0.15) is 0 Å². The summed E-state index contributed by atoms with van der Waals surface area (Å²) in [6.07, 6.45) is 2.49. The van der Waals surface area contributed by atoms with E-state index in [0.717, 1.165) is 5.92 Å². The molecule has 1 rings (SSSR count). The van der Waals surface area contributed by atoms with Gasteiger partial charge in [-0.3, -0.25) is 0 Å². The highest BCUT2D eigenvalue weighted by Crippen LogP contribution is 2.11. The van der Waals surface area contributed by atoms with Crippen molar-refractivity contribution in [1.82, 2.24) is 0 Å². The number of benzene rings is 1. The summed E-state index contributed by atoms with van der Waals surface area (Å²) in [5.41, 5.74) is 2.82. The highest BCUT2D eigenvalue weighted by Gasteiger charge is 1.99. The van der Waals surface area contributed by atoms with E-state index in [1.807, 2.05) is 0 Å². The Morgan fingerprint density at radius 2 is 1.75 bits per heavy atom. The van der Waals surface area contributed by atoms with Crippen LogP contribution in [0.5, 0.6) is 0 Å². The average molecular weight is 162 g/mol. The Kier molecular flexibility index (Phi) is 3.33. The maximum atomic E-state index is 2.31. The molecule has 0 N–H and O–H groups in total. The van der Waals surface area contributed by atoms with Crippen molar-refractivity contribution in [3.63, 3.8) is 0 Å². The molecule has 0 amide bonds. The molecule has 0 saturated heterocycles. The molecule has 0 spiro atoms. The summed E-state index contributed by atoms with van der Waals surface area (Å²) >= 11 is 0. The standard InChI is InChI=1S/C12H18/c1-4-10(2)9-12-7-5-11(3)6-8-12/h5-8,10H,4,9H2,1-3H3. The van der Waals surface area contributed by atoms with Crippen molar-refractivity contribution in [1.29, 1.82) is 0 Å². The second kappa shape index (κ2) is 4.30. The van der Waals surface area contributed by atoms with Gasteiger partial charge >= 0.3 is 0 Å². The van der Waals surface area contributed by atoms with Crippen molar-refractivity contribution >= 4 is 0 Å². The first kappa shape index (κ1) is 9.31. The summed E-state index contributed by atoms with van der Waals surface area (Å²) < 4.78 is 0. The number of rotatable bonds is 3. The summed E-state index contributed by atoms with van der Waals surface area (Å²) in [6, 6.07) is 8.86. The Hall–Kier alpha value is -0.780. The Bertz CT molecular complexity index is 220. The van der Waals surface area contributed by atoms with Gasteiger partial charge in [-0.25, -0.2) is 0 Å². The minimum Gasteiger partial charge on any atom is -0.0651 e. The topological polar surface area (TPSA) is 0 Å². The Morgan fingerprint density at radius 3 is 2.25 bits per heavy atom.